The van der Waals surface area contributed by atoms with Gasteiger partial charge in [-0.25, -0.2) is 0 Å². The normalized spacial score (nSPS) is 13.8. The van der Waals surface area contributed by atoms with E-state index in [0.717, 1.165) is 0 Å². The van der Waals surface area contributed by atoms with Gasteiger partial charge in [0.25, 0.3) is 0 Å². The molecule has 0 rings (SSSR count). The molecule has 0 saturated carbocycles. The molecule has 116 valence electrons. The van der Waals surface area contributed by atoms with Gasteiger partial charge in [-0.15, -0.1) is 0 Å². The second kappa shape index (κ2) is 8.29. The fourth-order valence-corrected chi connectivity index (χ4v) is 0. The minimum absolute atomic E-state index is 0. The molecule has 0 spiro atoms. The van der Waals surface area contributed by atoms with Gasteiger partial charge < -0.3 is 33.7 Å². The van der Waals surface area contributed by atoms with Crippen LogP contribution >= 0.6 is 58.1 Å². The van der Waals surface area contributed by atoms with Crippen LogP contribution in [0.25, 0.3) is 0 Å². The van der Waals surface area contributed by atoms with E-state index in [1.165, 1.54) is 0 Å². The number of halogens is 6. The maximum absolute atomic E-state index is 8.52. The third-order valence-corrected chi connectivity index (χ3v) is 0. The molecule has 0 aliphatic rings. The second-order valence-electron chi connectivity index (χ2n) is 1.17. The molecule has 16 N–H and O–H groups in total. The summed E-state index contributed by atoms with van der Waals surface area (Å²) in [4.78, 5) is 0. The van der Waals surface area contributed by atoms with Gasteiger partial charge in [0, 0.05) is 10.4 Å². The maximum atomic E-state index is 8.52. The second-order valence-corrected chi connectivity index (χ2v) is 41.6. The molecule has 0 amide bonds. The molecule has 8 nitrogen and oxygen atoms in total. The molecule has 16 heavy (non-hydrogen) atoms. The van der Waals surface area contributed by atoms with Gasteiger partial charge in [0.2, 0.25) is 0 Å². The first kappa shape index (κ1) is 36.1. The maximum Gasteiger partial charge on any atom is -0.369 e. The van der Waals surface area contributed by atoms with Crippen LogP contribution in [0.15, 0.2) is 0 Å². The zero-order valence-electron chi connectivity index (χ0n) is 8.66. The molecule has 0 aromatic heterocycles. The summed E-state index contributed by atoms with van der Waals surface area (Å²) in [7, 11) is 25.1. The van der Waals surface area contributed by atoms with E-state index in [1.807, 2.05) is 0 Å². The van der Waals surface area contributed by atoms with Crippen molar-refractivity contribution >= 4 is 68.5 Å². The molecule has 0 aromatic rings. The van der Waals surface area contributed by atoms with Crippen molar-refractivity contribution in [2.45, 2.75) is 0 Å². The minimum atomic E-state index is -5.22. The number of hydrogen-bond donors (Lipinski definition) is 4. The van der Waals surface area contributed by atoms with Crippen LogP contribution in [0.5, 0.6) is 0 Å². The molecular weight excluding hydrogens is 466 g/mol. The van der Waals surface area contributed by atoms with Gasteiger partial charge in [-0.3, -0.25) is 8.42 Å². The molecule has 0 aliphatic carbocycles. The van der Waals surface area contributed by atoms with Crippen LogP contribution in [0.1, 0.15) is 0 Å². The monoisotopic (exact) mass is 480 g/mol. The van der Waals surface area contributed by atoms with Gasteiger partial charge in [-0.05, 0) is 0 Å². The topological polar surface area (TPSA) is 226 Å². The van der Waals surface area contributed by atoms with Gasteiger partial charge in [-0.2, -0.15) is 0 Å². The quantitative estimate of drug-likeness (QED) is 0.225. The van der Waals surface area contributed by atoms with Crippen LogP contribution in [0, 0.1) is 0 Å². The first-order chi connectivity index (χ1) is 4.45. The summed E-state index contributed by atoms with van der Waals surface area (Å²) in [6.45, 7) is -5.22. The zero-order chi connectivity index (χ0) is 10.9. The molecule has 0 bridgehead atoms. The molecule has 0 aromatic carbocycles. The van der Waals surface area contributed by atoms with Crippen LogP contribution in [0.4, 0.5) is 0 Å². The number of hydrogen-bond acceptors (Lipinski definition) is 4. The van der Waals surface area contributed by atoms with Crippen molar-refractivity contribution in [3.63, 3.8) is 0 Å². The number of rotatable bonds is 0. The zero-order valence-corrected chi connectivity index (χ0v) is 15.8. The van der Waals surface area contributed by atoms with Crippen molar-refractivity contribution in [3.8, 4) is 0 Å². The van der Waals surface area contributed by atoms with Gasteiger partial charge in [0.1, 0.15) is 0 Å². The predicted molar refractivity (Wildman–Crippen MR) is 69.5 cm³/mol. The summed E-state index contributed by atoms with van der Waals surface area (Å²) in [5, 5.41) is 0. The van der Waals surface area contributed by atoms with E-state index in [9.17, 15) is 0 Å². The van der Waals surface area contributed by atoms with Crippen LogP contribution in [0.2, 0.25) is 0 Å². The summed E-state index contributed by atoms with van der Waals surface area (Å²) < 4.78 is 34.1. The molecule has 0 unspecified atom stereocenters. The Bertz CT molecular complexity index is 234. The van der Waals surface area contributed by atoms with Crippen LogP contribution in [-0.4, -0.2) is 17.5 Å². The Labute approximate surface area is 116 Å². The third kappa shape index (κ3) is 850. The molecular formula is H16Cl6N4O4RuS. The largest absolute Gasteiger partial charge is 0.369 e. The Kier molecular flexibility index (Phi) is 18.7. The van der Waals surface area contributed by atoms with Crippen molar-refractivity contribution in [2.75, 3.05) is 0 Å². The van der Waals surface area contributed by atoms with E-state index in [1.54, 1.807) is 0 Å². The van der Waals surface area contributed by atoms with Crippen LogP contribution < -0.4 is 24.6 Å². The van der Waals surface area contributed by atoms with E-state index in [-0.39, 0.29) is 24.6 Å². The Morgan fingerprint density at radius 3 is 0.688 bits per heavy atom. The summed E-state index contributed by atoms with van der Waals surface area (Å²) in [6, 6.07) is 0. The van der Waals surface area contributed by atoms with Gasteiger partial charge in [0.05, 0.1) is 0 Å². The molecule has 0 saturated heterocycles. The molecule has 0 fully saturated rings. The van der Waals surface area contributed by atoms with Gasteiger partial charge in [-0.1, -0.05) is 0 Å². The summed E-state index contributed by atoms with van der Waals surface area (Å²) in [6.07, 6.45) is 0. The molecule has 0 radical (unpaired) electrons. The van der Waals surface area contributed by atoms with Crippen molar-refractivity contribution in [2.24, 2.45) is 0 Å². The average Bonchev–Trinajstić information content (AvgIpc) is 1.04. The van der Waals surface area contributed by atoms with Crippen molar-refractivity contribution in [1.82, 2.24) is 24.6 Å². The first-order valence-electron chi connectivity index (χ1n) is 1.47. The predicted octanol–water partition coefficient (Wildman–Crippen LogP) is 4.30. The molecule has 16 heteroatoms. The smallest absolute Gasteiger partial charge is 0.369 e. The summed E-state index contributed by atoms with van der Waals surface area (Å²) in [5.41, 5.74) is 0. The summed E-state index contributed by atoms with van der Waals surface area (Å²) >= 11 is 0. The van der Waals surface area contributed by atoms with Crippen molar-refractivity contribution < 1.29 is 24.0 Å². The molecule has 0 aliphatic heterocycles. The molecule has 0 atom stereocenters. The standard InChI is InChI=1S/6ClH.4H3N.H2O4S.Ru/c;;;;;;;;;;1-5(2,3)4;/h6*1H;4*1H3;(H2,1,2,3,4);/q;;;;;;;;;;;+4/p-4. The minimum Gasteiger partial charge on any atom is -0.369 e. The van der Waals surface area contributed by atoms with Gasteiger partial charge >= 0.3 is 64.6 Å². The van der Waals surface area contributed by atoms with Crippen molar-refractivity contribution in [3.05, 3.63) is 0 Å². The fraction of sp³-hybridized carbons (Fsp3) is 0. The Balaban J connectivity index is -0.0000000258. The average molecular weight is 482 g/mol. The van der Waals surface area contributed by atoms with Crippen molar-refractivity contribution in [1.29, 1.82) is 0 Å². The Morgan fingerprint density at radius 2 is 0.688 bits per heavy atom. The van der Waals surface area contributed by atoms with Crippen LogP contribution in [-0.2, 0) is 16.9 Å². The first-order valence-corrected chi connectivity index (χ1v) is 16.2. The van der Waals surface area contributed by atoms with E-state index in [0.29, 0.717) is 0 Å². The summed E-state index contributed by atoms with van der Waals surface area (Å²) in [5.74, 6) is 0. The van der Waals surface area contributed by atoms with E-state index >= 15 is 0 Å². The Hall–Kier alpha value is 2.07. The third-order valence-electron chi connectivity index (χ3n) is 0. The van der Waals surface area contributed by atoms with E-state index in [4.69, 9.17) is 75.7 Å². The number of quaternary nitrogens is 4. The Morgan fingerprint density at radius 1 is 0.688 bits per heavy atom. The molecule has 0 heterocycles. The van der Waals surface area contributed by atoms with Crippen LogP contribution in [0.3, 0.4) is 0 Å². The van der Waals surface area contributed by atoms with E-state index in [2.05, 4.69) is 0 Å². The fourth-order valence-electron chi connectivity index (χ4n) is 0. The van der Waals surface area contributed by atoms with E-state index < -0.39 is 16.9 Å². The van der Waals surface area contributed by atoms with Gasteiger partial charge in [0.15, 0.2) is 0 Å². The SMILES string of the molecule is O=S(=O)([O-])[O-].[Cl][Ru-2]([Cl])([Cl])([Cl])([Cl])[Cl].[NH4+].[NH4+].[NH4+].[NH4+].